The Kier molecular flexibility index (Phi) is 3.93. The third-order valence-electron chi connectivity index (χ3n) is 0.979. The van der Waals surface area contributed by atoms with Crippen molar-refractivity contribution in [3.8, 4) is 0 Å². The molecule has 1 atom stereocenters. The highest BCUT2D eigenvalue weighted by atomic mass is 32.2. The molecule has 0 N–H and O–H groups in total. The Balaban J connectivity index is 4.09. The van der Waals surface area contributed by atoms with Gasteiger partial charge in [-0.2, -0.15) is 4.40 Å². The topological polar surface area (TPSA) is 29.4 Å². The summed E-state index contributed by atoms with van der Waals surface area (Å²) in [7, 11) is -1.09. The quantitative estimate of drug-likeness (QED) is 0.591. The van der Waals surface area contributed by atoms with E-state index in [1.165, 1.54) is 0 Å². The monoisotopic (exact) mass is 175 g/mol. The third kappa shape index (κ3) is 5.13. The lowest BCUT2D eigenvalue weighted by Gasteiger charge is -2.12. The number of hydrogen-bond donors (Lipinski definition) is 0. The van der Waals surface area contributed by atoms with E-state index >= 15 is 0 Å². The summed E-state index contributed by atoms with van der Waals surface area (Å²) in [5.41, 5.74) is 0. The van der Waals surface area contributed by atoms with Crippen LogP contribution in [0.15, 0.2) is 4.40 Å². The van der Waals surface area contributed by atoms with Gasteiger partial charge >= 0.3 is 0 Å². The number of hydrogen-bond acceptors (Lipinski definition) is 1. The Morgan fingerprint density at radius 2 is 1.82 bits per heavy atom. The average Bonchev–Trinajstić information content (AvgIpc) is 1.80. The second kappa shape index (κ2) is 4.00. The van der Waals surface area contributed by atoms with Gasteiger partial charge in [-0.05, 0) is 26.7 Å². The second-order valence-corrected chi connectivity index (χ2v) is 5.79. The molecule has 0 aliphatic rings. The number of rotatable bonds is 2. The maximum absolute atomic E-state index is 11.3. The molecule has 11 heavy (non-hydrogen) atoms. The summed E-state index contributed by atoms with van der Waals surface area (Å²) in [6.07, 6.45) is 1.74. The van der Waals surface area contributed by atoms with E-state index in [4.69, 9.17) is 0 Å². The zero-order valence-corrected chi connectivity index (χ0v) is 8.73. The summed E-state index contributed by atoms with van der Waals surface area (Å²) >= 11 is 0. The number of nitrogens with zero attached hydrogens (tertiary/aromatic N) is 1. The molecule has 0 saturated heterocycles. The normalized spacial score (nSPS) is 16.2. The molecule has 0 aliphatic heterocycles. The van der Waals surface area contributed by atoms with Crippen molar-refractivity contribution < 1.29 is 4.21 Å². The molecule has 0 unspecified atom stereocenters. The Labute approximate surface area is 71.7 Å². The third-order valence-corrected chi connectivity index (χ3v) is 2.34. The highest BCUT2D eigenvalue weighted by molar-refractivity contribution is 7.85. The van der Waals surface area contributed by atoms with Crippen molar-refractivity contribution >= 4 is 17.2 Å². The second-order valence-electron chi connectivity index (χ2n) is 3.86. The van der Waals surface area contributed by atoms with E-state index in [2.05, 4.69) is 4.40 Å². The van der Waals surface area contributed by atoms with Gasteiger partial charge in [0, 0.05) is 6.21 Å². The van der Waals surface area contributed by atoms with Gasteiger partial charge in [-0.25, -0.2) is 4.21 Å². The van der Waals surface area contributed by atoms with E-state index in [0.29, 0.717) is 5.92 Å². The predicted molar refractivity (Wildman–Crippen MR) is 51.2 cm³/mol. The van der Waals surface area contributed by atoms with Gasteiger partial charge in [0.05, 0.1) is 4.75 Å². The van der Waals surface area contributed by atoms with E-state index < -0.39 is 11.0 Å². The summed E-state index contributed by atoms with van der Waals surface area (Å²) < 4.78 is 15.0. The van der Waals surface area contributed by atoms with Crippen LogP contribution < -0.4 is 0 Å². The molecule has 0 aromatic rings. The molecule has 0 radical (unpaired) electrons. The molecule has 0 aromatic carbocycles. The molecular weight excluding hydrogens is 158 g/mol. The molecule has 66 valence electrons. The minimum atomic E-state index is -1.09. The lowest BCUT2D eigenvalue weighted by molar-refractivity contribution is 0.650. The van der Waals surface area contributed by atoms with Crippen molar-refractivity contribution in [2.45, 2.75) is 39.4 Å². The fourth-order valence-electron chi connectivity index (χ4n) is 0.335. The van der Waals surface area contributed by atoms with Crippen molar-refractivity contribution in [2.24, 2.45) is 10.3 Å². The molecule has 0 aliphatic carbocycles. The van der Waals surface area contributed by atoms with Crippen molar-refractivity contribution in [3.63, 3.8) is 0 Å². The highest BCUT2D eigenvalue weighted by Gasteiger charge is 2.17. The van der Waals surface area contributed by atoms with Crippen LogP contribution in [-0.2, 0) is 11.0 Å². The molecule has 0 rings (SSSR count). The van der Waals surface area contributed by atoms with Crippen LogP contribution in [0.2, 0.25) is 0 Å². The Hall–Kier alpha value is -0.180. The Bertz CT molecular complexity index is 167. The van der Waals surface area contributed by atoms with Crippen molar-refractivity contribution in [2.75, 3.05) is 0 Å². The summed E-state index contributed by atoms with van der Waals surface area (Å²) in [5, 5.41) is 0. The minimum absolute atomic E-state index is 0.231. The summed E-state index contributed by atoms with van der Waals surface area (Å²) in [5.74, 6) is 0.376. The molecular formula is C8H17NOS. The summed E-state index contributed by atoms with van der Waals surface area (Å²) in [4.78, 5) is 0. The van der Waals surface area contributed by atoms with Crippen LogP contribution in [0, 0.1) is 5.92 Å². The first-order valence-corrected chi connectivity index (χ1v) is 4.91. The van der Waals surface area contributed by atoms with Gasteiger partial charge in [-0.3, -0.25) is 0 Å². The molecule has 0 saturated carbocycles. The van der Waals surface area contributed by atoms with Crippen LogP contribution in [-0.4, -0.2) is 15.2 Å². The fraction of sp³-hybridized carbons (Fsp3) is 0.875. The smallest absolute Gasteiger partial charge is 0.144 e. The predicted octanol–water partition coefficient (Wildman–Crippen LogP) is 2.18. The summed E-state index contributed by atoms with van der Waals surface area (Å²) in [6, 6.07) is 0. The zero-order chi connectivity index (χ0) is 9.07. The molecule has 0 bridgehead atoms. The van der Waals surface area contributed by atoms with E-state index in [-0.39, 0.29) is 4.75 Å². The van der Waals surface area contributed by atoms with Crippen LogP contribution in [0.3, 0.4) is 0 Å². The van der Waals surface area contributed by atoms with E-state index in [0.717, 1.165) is 0 Å². The van der Waals surface area contributed by atoms with Crippen LogP contribution in [0.1, 0.15) is 34.6 Å². The fourth-order valence-corrected chi connectivity index (χ4v) is 1.01. The summed E-state index contributed by atoms with van der Waals surface area (Å²) in [6.45, 7) is 9.79. The first kappa shape index (κ1) is 10.8. The van der Waals surface area contributed by atoms with Gasteiger partial charge < -0.3 is 0 Å². The van der Waals surface area contributed by atoms with Crippen molar-refractivity contribution in [3.05, 3.63) is 0 Å². The highest BCUT2D eigenvalue weighted by Crippen LogP contribution is 2.11. The molecule has 0 heterocycles. The maximum atomic E-state index is 11.3. The largest absolute Gasteiger partial charge is 0.234 e. The van der Waals surface area contributed by atoms with E-state index in [9.17, 15) is 4.21 Å². The molecule has 0 aromatic heterocycles. The van der Waals surface area contributed by atoms with Gasteiger partial charge in [-0.15, -0.1) is 0 Å². The van der Waals surface area contributed by atoms with Gasteiger partial charge in [0.25, 0.3) is 0 Å². The van der Waals surface area contributed by atoms with E-state index in [1.807, 2.05) is 34.6 Å². The lowest BCUT2D eigenvalue weighted by atomic mass is 10.3. The van der Waals surface area contributed by atoms with Crippen LogP contribution >= 0.6 is 0 Å². The van der Waals surface area contributed by atoms with Crippen LogP contribution in [0.25, 0.3) is 0 Å². The lowest BCUT2D eigenvalue weighted by Crippen LogP contribution is -2.19. The minimum Gasteiger partial charge on any atom is -0.234 e. The van der Waals surface area contributed by atoms with Crippen LogP contribution in [0.5, 0.6) is 0 Å². The molecule has 0 amide bonds. The van der Waals surface area contributed by atoms with Gasteiger partial charge in [-0.1, -0.05) is 13.8 Å². The SMILES string of the molecule is CC(C)C=N[S@](=O)C(C)(C)C. The van der Waals surface area contributed by atoms with E-state index in [1.54, 1.807) is 6.21 Å². The Morgan fingerprint density at radius 3 is 2.09 bits per heavy atom. The zero-order valence-electron chi connectivity index (χ0n) is 7.92. The standard InChI is InChI=1S/C8H17NOS/c1-7(2)6-9-11(10)8(3,4)5/h6-7H,1-5H3/t11-/m1/s1. The van der Waals surface area contributed by atoms with Crippen molar-refractivity contribution in [1.29, 1.82) is 0 Å². The molecule has 0 spiro atoms. The van der Waals surface area contributed by atoms with Gasteiger partial charge in [0.15, 0.2) is 0 Å². The molecule has 0 fully saturated rings. The first-order valence-electron chi connectivity index (χ1n) is 3.80. The van der Waals surface area contributed by atoms with Crippen molar-refractivity contribution in [1.82, 2.24) is 0 Å². The van der Waals surface area contributed by atoms with Gasteiger partial charge in [0.2, 0.25) is 0 Å². The Morgan fingerprint density at radius 1 is 1.36 bits per heavy atom. The average molecular weight is 175 g/mol. The van der Waals surface area contributed by atoms with Crippen LogP contribution in [0.4, 0.5) is 0 Å². The van der Waals surface area contributed by atoms with Gasteiger partial charge in [0.1, 0.15) is 11.0 Å². The maximum Gasteiger partial charge on any atom is 0.144 e. The molecule has 3 heteroatoms. The molecule has 2 nitrogen and oxygen atoms in total. The first-order chi connectivity index (χ1) is 4.84.